The van der Waals surface area contributed by atoms with Crippen LogP contribution in [0.3, 0.4) is 0 Å². The Morgan fingerprint density at radius 2 is 1.69 bits per heavy atom. The third kappa shape index (κ3) is 7.44. The summed E-state index contributed by atoms with van der Waals surface area (Å²) in [4.78, 5) is 0.252. The van der Waals surface area contributed by atoms with Gasteiger partial charge in [-0.3, -0.25) is 0 Å². The maximum Gasteiger partial charge on any atom is 0.286 e. The molecule has 5 nitrogen and oxygen atoms in total. The summed E-state index contributed by atoms with van der Waals surface area (Å²) in [6.45, 7) is 12.9. The van der Waals surface area contributed by atoms with Gasteiger partial charge in [0.05, 0.1) is 16.5 Å². The molecule has 2 rings (SSSR count). The number of halogens is 1. The van der Waals surface area contributed by atoms with Crippen LogP contribution in [0.4, 0.5) is 0 Å². The number of alkyl halides is 1. The Hall–Kier alpha value is -1.67. The van der Waals surface area contributed by atoms with Crippen molar-refractivity contribution in [2.24, 2.45) is 5.16 Å². The number of oxime groups is 1. The molecule has 1 N–H and O–H groups in total. The van der Waals surface area contributed by atoms with Gasteiger partial charge in [0.2, 0.25) is 10.0 Å². The van der Waals surface area contributed by atoms with Crippen molar-refractivity contribution in [3.8, 4) is 0 Å². The van der Waals surface area contributed by atoms with Gasteiger partial charge in [-0.15, -0.1) is 16.8 Å². The SMILES string of the molecule is Cc1ccc(S(=O)(=O)NCC(CC(CCl)=NO[Si](C)(C)C(C)(C)C)c2ccccc2)cc1. The van der Waals surface area contributed by atoms with Crippen LogP contribution in [0.25, 0.3) is 0 Å². The average Bonchev–Trinajstić information content (AvgIpc) is 2.73. The Morgan fingerprint density at radius 1 is 1.09 bits per heavy atom. The molecule has 0 saturated carbocycles. The summed E-state index contributed by atoms with van der Waals surface area (Å²) < 4.78 is 34.4. The smallest absolute Gasteiger partial charge is 0.286 e. The molecule has 0 aliphatic heterocycles. The topological polar surface area (TPSA) is 67.8 Å². The van der Waals surface area contributed by atoms with E-state index < -0.39 is 18.3 Å². The molecule has 1 unspecified atom stereocenters. The Kier molecular flexibility index (Phi) is 9.11. The Bertz CT molecular complexity index is 1000. The van der Waals surface area contributed by atoms with E-state index in [0.717, 1.165) is 11.1 Å². The number of sulfonamides is 1. The first-order chi connectivity index (χ1) is 14.9. The summed E-state index contributed by atoms with van der Waals surface area (Å²) >= 11 is 6.21. The van der Waals surface area contributed by atoms with E-state index in [0.29, 0.717) is 12.1 Å². The first kappa shape index (κ1) is 26.6. The lowest BCUT2D eigenvalue weighted by atomic mass is 9.94. The molecular weight excluding hydrogens is 460 g/mol. The molecular formula is C24H35ClN2O3SSi. The third-order valence-corrected chi connectivity index (χ3v) is 11.9. The summed E-state index contributed by atoms with van der Waals surface area (Å²) in [5, 5.41) is 4.45. The van der Waals surface area contributed by atoms with Crippen LogP contribution in [0, 0.1) is 6.92 Å². The van der Waals surface area contributed by atoms with E-state index in [1.54, 1.807) is 24.3 Å². The highest BCUT2D eigenvalue weighted by Crippen LogP contribution is 2.36. The average molecular weight is 495 g/mol. The van der Waals surface area contributed by atoms with Crippen LogP contribution in [-0.2, 0) is 14.6 Å². The zero-order valence-electron chi connectivity index (χ0n) is 19.9. The standard InChI is InChI=1S/C24H35ClN2O3SSi/c1-19-12-14-23(15-13-19)31(28,29)26-18-21(20-10-8-7-9-11-20)16-22(17-25)27-30-32(5,6)24(2,3)4/h7-15,21,26H,16-18H2,1-6H3. The highest BCUT2D eigenvalue weighted by Gasteiger charge is 2.40. The molecule has 0 aliphatic rings. The minimum atomic E-state index is -3.62. The first-order valence-corrected chi connectivity index (χ1v) is 15.7. The number of hydrogen-bond donors (Lipinski definition) is 1. The van der Waals surface area contributed by atoms with Crippen LogP contribution in [0.5, 0.6) is 0 Å². The van der Waals surface area contributed by atoms with E-state index in [2.05, 4.69) is 43.7 Å². The Morgan fingerprint density at radius 3 is 2.22 bits per heavy atom. The number of benzene rings is 2. The van der Waals surface area contributed by atoms with E-state index in [4.69, 9.17) is 16.1 Å². The molecule has 0 saturated heterocycles. The predicted octanol–water partition coefficient (Wildman–Crippen LogP) is 6.06. The van der Waals surface area contributed by atoms with Crippen LogP contribution >= 0.6 is 11.6 Å². The Balaban J connectivity index is 2.22. The van der Waals surface area contributed by atoms with E-state index in [-0.39, 0.29) is 28.3 Å². The highest BCUT2D eigenvalue weighted by atomic mass is 35.5. The summed E-state index contributed by atoms with van der Waals surface area (Å²) in [5.41, 5.74) is 2.74. The van der Waals surface area contributed by atoms with Crippen LogP contribution < -0.4 is 4.72 Å². The number of hydrogen-bond acceptors (Lipinski definition) is 4. The summed E-state index contributed by atoms with van der Waals surface area (Å²) in [6.07, 6.45) is 0.499. The van der Waals surface area contributed by atoms with Gasteiger partial charge in [0.25, 0.3) is 8.32 Å². The van der Waals surface area contributed by atoms with Gasteiger partial charge in [0.15, 0.2) is 0 Å². The van der Waals surface area contributed by atoms with E-state index >= 15 is 0 Å². The molecule has 8 heteroatoms. The second-order valence-electron chi connectivity index (χ2n) is 9.62. The fourth-order valence-electron chi connectivity index (χ4n) is 2.76. The summed E-state index contributed by atoms with van der Waals surface area (Å²) in [7, 11) is -5.69. The maximum atomic E-state index is 12.8. The normalized spacial score (nSPS) is 14.3. The molecule has 0 bridgehead atoms. The van der Waals surface area contributed by atoms with Gasteiger partial charge >= 0.3 is 0 Å². The number of aryl methyl sites for hydroxylation is 1. The van der Waals surface area contributed by atoms with Gasteiger partial charge in [0.1, 0.15) is 0 Å². The van der Waals surface area contributed by atoms with Gasteiger partial charge in [-0.25, -0.2) is 13.1 Å². The van der Waals surface area contributed by atoms with Crippen LogP contribution in [0.2, 0.25) is 18.1 Å². The second-order valence-corrected chi connectivity index (χ2v) is 16.4. The van der Waals surface area contributed by atoms with Crippen LogP contribution in [-0.4, -0.2) is 34.9 Å². The molecule has 176 valence electrons. The third-order valence-electron chi connectivity index (χ3n) is 5.97. The largest absolute Gasteiger partial charge is 0.455 e. The number of rotatable bonds is 10. The molecule has 0 aliphatic carbocycles. The lowest BCUT2D eigenvalue weighted by Crippen LogP contribution is -2.39. The van der Waals surface area contributed by atoms with Crippen molar-refractivity contribution < 1.29 is 12.9 Å². The molecule has 0 radical (unpaired) electrons. The highest BCUT2D eigenvalue weighted by molar-refractivity contribution is 7.89. The second kappa shape index (κ2) is 11.0. The lowest BCUT2D eigenvalue weighted by molar-refractivity contribution is 0.306. The van der Waals surface area contributed by atoms with Gasteiger partial charge in [-0.05, 0) is 49.2 Å². The van der Waals surface area contributed by atoms with Crippen molar-refractivity contribution in [1.29, 1.82) is 0 Å². The van der Waals surface area contributed by atoms with E-state index in [1.807, 2.05) is 37.3 Å². The van der Waals surface area contributed by atoms with E-state index in [1.165, 1.54) is 0 Å². The molecule has 1 atom stereocenters. The van der Waals surface area contributed by atoms with Crippen molar-refractivity contribution in [3.63, 3.8) is 0 Å². The molecule has 2 aromatic carbocycles. The number of nitrogens with zero attached hydrogens (tertiary/aromatic N) is 1. The van der Waals surface area contributed by atoms with Gasteiger partial charge in [-0.2, -0.15) is 0 Å². The first-order valence-electron chi connectivity index (χ1n) is 10.8. The molecule has 0 aromatic heterocycles. The molecule has 32 heavy (non-hydrogen) atoms. The zero-order valence-corrected chi connectivity index (χ0v) is 22.4. The molecule has 0 heterocycles. The molecule has 0 fully saturated rings. The summed E-state index contributed by atoms with van der Waals surface area (Å²) in [6, 6.07) is 16.6. The minimum absolute atomic E-state index is 0.0242. The fourth-order valence-corrected chi connectivity index (χ4v) is 4.63. The van der Waals surface area contributed by atoms with Gasteiger partial charge < -0.3 is 4.53 Å². The van der Waals surface area contributed by atoms with Crippen LogP contribution in [0.15, 0.2) is 64.6 Å². The van der Waals surface area contributed by atoms with Crippen molar-refractivity contribution in [2.45, 2.75) is 63.1 Å². The predicted molar refractivity (Wildman–Crippen MR) is 137 cm³/mol. The van der Waals surface area contributed by atoms with Crippen molar-refractivity contribution in [1.82, 2.24) is 4.72 Å². The minimum Gasteiger partial charge on any atom is -0.455 e. The molecule has 0 spiro atoms. The van der Waals surface area contributed by atoms with Gasteiger partial charge in [-0.1, -0.05) is 68.8 Å². The zero-order chi connectivity index (χ0) is 24.0. The summed E-state index contributed by atoms with van der Waals surface area (Å²) in [5.74, 6) is 0.0970. The maximum absolute atomic E-state index is 12.8. The van der Waals surface area contributed by atoms with Crippen molar-refractivity contribution >= 4 is 35.7 Å². The van der Waals surface area contributed by atoms with Crippen molar-refractivity contribution in [2.75, 3.05) is 12.4 Å². The Labute approximate surface area is 199 Å². The fraction of sp³-hybridized carbons (Fsp3) is 0.458. The number of nitrogens with one attached hydrogen (secondary N) is 1. The molecule has 0 amide bonds. The molecule has 2 aromatic rings. The monoisotopic (exact) mass is 494 g/mol. The van der Waals surface area contributed by atoms with Crippen molar-refractivity contribution in [3.05, 3.63) is 65.7 Å². The lowest BCUT2D eigenvalue weighted by Gasteiger charge is -2.33. The van der Waals surface area contributed by atoms with Gasteiger partial charge in [0, 0.05) is 12.5 Å². The van der Waals surface area contributed by atoms with E-state index in [9.17, 15) is 8.42 Å². The quantitative estimate of drug-likeness (QED) is 0.189. The van der Waals surface area contributed by atoms with Crippen LogP contribution in [0.1, 0.15) is 44.2 Å².